The summed E-state index contributed by atoms with van der Waals surface area (Å²) in [5.41, 5.74) is 4.98. The summed E-state index contributed by atoms with van der Waals surface area (Å²) in [7, 11) is 0. The average Bonchev–Trinajstić information content (AvgIpc) is 2.85. The number of allylic oxidation sites excluding steroid dienone is 1. The van der Waals surface area contributed by atoms with Gasteiger partial charge in [0.2, 0.25) is 0 Å². The molecule has 1 amide bonds. The van der Waals surface area contributed by atoms with Crippen LogP contribution in [-0.2, 0) is 17.8 Å². The van der Waals surface area contributed by atoms with Crippen molar-refractivity contribution in [2.45, 2.75) is 33.8 Å². The zero-order valence-electron chi connectivity index (χ0n) is 20.7. The molecule has 1 N–H and O–H groups in total. The van der Waals surface area contributed by atoms with E-state index in [2.05, 4.69) is 11.9 Å². The fourth-order valence-corrected chi connectivity index (χ4v) is 3.91. The standard InChI is InChI=1S/C30H29ClN2O3/c1-5-9-23-15-22(16-25(18-32)30(34)33-27-13-12-20(3)14-21(27)4)17-28(35-6-2)29(23)36-19-24-10-7-8-11-26(24)31/h5,7-8,10-17H,1,6,9,19H2,2-4H3,(H,33,34)/b25-16+. The van der Waals surface area contributed by atoms with Gasteiger partial charge in [0.25, 0.3) is 5.91 Å². The highest BCUT2D eigenvalue weighted by atomic mass is 35.5. The Kier molecular flexibility index (Phi) is 9.32. The average molecular weight is 501 g/mol. The topological polar surface area (TPSA) is 71.4 Å². The monoisotopic (exact) mass is 500 g/mol. The number of carbonyl (C=O) groups is 1. The number of hydrogen-bond donors (Lipinski definition) is 1. The van der Waals surface area contributed by atoms with Crippen LogP contribution in [-0.4, -0.2) is 12.5 Å². The van der Waals surface area contributed by atoms with Crippen LogP contribution in [0.3, 0.4) is 0 Å². The van der Waals surface area contributed by atoms with Gasteiger partial charge in [-0.15, -0.1) is 6.58 Å². The molecular formula is C30H29ClN2O3. The molecule has 5 nitrogen and oxygen atoms in total. The van der Waals surface area contributed by atoms with Crippen molar-refractivity contribution in [2.75, 3.05) is 11.9 Å². The molecule has 3 aromatic carbocycles. The minimum atomic E-state index is -0.480. The number of nitrogens with zero attached hydrogens (tertiary/aromatic N) is 1. The van der Waals surface area contributed by atoms with Crippen molar-refractivity contribution in [1.82, 2.24) is 0 Å². The Balaban J connectivity index is 1.95. The summed E-state index contributed by atoms with van der Waals surface area (Å²) >= 11 is 6.29. The number of ether oxygens (including phenoxy) is 2. The summed E-state index contributed by atoms with van der Waals surface area (Å²) in [5.74, 6) is 0.612. The normalized spacial score (nSPS) is 10.9. The van der Waals surface area contributed by atoms with E-state index in [4.69, 9.17) is 21.1 Å². The maximum absolute atomic E-state index is 12.9. The SMILES string of the molecule is C=CCc1cc(/C=C(\C#N)C(=O)Nc2ccc(C)cc2C)cc(OCC)c1OCc1ccccc1Cl. The van der Waals surface area contributed by atoms with Gasteiger partial charge in [-0.25, -0.2) is 0 Å². The van der Waals surface area contributed by atoms with E-state index in [0.717, 1.165) is 22.3 Å². The second kappa shape index (κ2) is 12.6. The van der Waals surface area contributed by atoms with Crippen molar-refractivity contribution in [3.8, 4) is 17.6 Å². The van der Waals surface area contributed by atoms with E-state index < -0.39 is 5.91 Å². The number of rotatable bonds is 10. The van der Waals surface area contributed by atoms with Gasteiger partial charge in [-0.1, -0.05) is 53.6 Å². The van der Waals surface area contributed by atoms with Gasteiger partial charge < -0.3 is 14.8 Å². The predicted octanol–water partition coefficient (Wildman–Crippen LogP) is 7.21. The Bertz CT molecular complexity index is 1340. The molecule has 3 aromatic rings. The minimum Gasteiger partial charge on any atom is -0.490 e. The van der Waals surface area contributed by atoms with Crippen LogP contribution in [0.2, 0.25) is 5.02 Å². The Hall–Kier alpha value is -4.01. The fraction of sp³-hybridized carbons (Fsp3) is 0.200. The van der Waals surface area contributed by atoms with Gasteiger partial charge in [-0.2, -0.15) is 5.26 Å². The first-order valence-electron chi connectivity index (χ1n) is 11.6. The summed E-state index contributed by atoms with van der Waals surface area (Å²) in [4.78, 5) is 12.9. The largest absolute Gasteiger partial charge is 0.490 e. The van der Waals surface area contributed by atoms with E-state index in [1.165, 1.54) is 0 Å². The molecule has 0 aliphatic rings. The van der Waals surface area contributed by atoms with Gasteiger partial charge in [0.1, 0.15) is 18.2 Å². The van der Waals surface area contributed by atoms with Crippen LogP contribution in [0.25, 0.3) is 6.08 Å². The van der Waals surface area contributed by atoms with Crippen molar-refractivity contribution >= 4 is 29.3 Å². The van der Waals surface area contributed by atoms with Crippen LogP contribution in [0.1, 0.15) is 34.7 Å². The molecule has 184 valence electrons. The molecule has 0 radical (unpaired) electrons. The zero-order valence-corrected chi connectivity index (χ0v) is 21.5. The fourth-order valence-electron chi connectivity index (χ4n) is 3.72. The first-order valence-corrected chi connectivity index (χ1v) is 12.0. The van der Waals surface area contributed by atoms with Crippen LogP contribution in [0, 0.1) is 25.2 Å². The second-order valence-electron chi connectivity index (χ2n) is 8.26. The number of benzene rings is 3. The summed E-state index contributed by atoms with van der Waals surface area (Å²) in [6.45, 7) is 10.3. The Morgan fingerprint density at radius 2 is 1.89 bits per heavy atom. The van der Waals surface area contributed by atoms with Crippen molar-refractivity contribution < 1.29 is 14.3 Å². The predicted molar refractivity (Wildman–Crippen MR) is 145 cm³/mol. The van der Waals surface area contributed by atoms with Crippen LogP contribution in [0.4, 0.5) is 5.69 Å². The molecule has 0 saturated heterocycles. The van der Waals surface area contributed by atoms with E-state index in [9.17, 15) is 10.1 Å². The molecule has 0 unspecified atom stereocenters. The Labute approximate surface area is 217 Å². The van der Waals surface area contributed by atoms with Crippen molar-refractivity contribution in [3.63, 3.8) is 0 Å². The Morgan fingerprint density at radius 3 is 2.56 bits per heavy atom. The first-order chi connectivity index (χ1) is 17.4. The third-order valence-electron chi connectivity index (χ3n) is 5.45. The summed E-state index contributed by atoms with van der Waals surface area (Å²) in [6.07, 6.45) is 3.82. The maximum Gasteiger partial charge on any atom is 0.266 e. The lowest BCUT2D eigenvalue weighted by atomic mass is 10.0. The molecule has 0 atom stereocenters. The van der Waals surface area contributed by atoms with E-state index >= 15 is 0 Å². The molecule has 0 aliphatic carbocycles. The van der Waals surface area contributed by atoms with Gasteiger partial charge >= 0.3 is 0 Å². The number of carbonyl (C=O) groups excluding carboxylic acids is 1. The van der Waals surface area contributed by atoms with Gasteiger partial charge in [-0.3, -0.25) is 4.79 Å². The number of nitriles is 1. The Morgan fingerprint density at radius 1 is 1.11 bits per heavy atom. The van der Waals surface area contributed by atoms with Gasteiger partial charge in [0.15, 0.2) is 11.5 Å². The minimum absolute atomic E-state index is 0.0216. The summed E-state index contributed by atoms with van der Waals surface area (Å²) in [6, 6.07) is 18.9. The highest BCUT2D eigenvalue weighted by Crippen LogP contribution is 2.36. The lowest BCUT2D eigenvalue weighted by molar-refractivity contribution is -0.112. The van der Waals surface area contributed by atoms with E-state index in [1.807, 2.05) is 75.4 Å². The van der Waals surface area contributed by atoms with Crippen LogP contribution in [0.15, 0.2) is 72.8 Å². The van der Waals surface area contributed by atoms with Gasteiger partial charge in [0.05, 0.1) is 6.61 Å². The number of hydrogen-bond acceptors (Lipinski definition) is 4. The van der Waals surface area contributed by atoms with E-state index in [0.29, 0.717) is 40.8 Å². The lowest BCUT2D eigenvalue weighted by Gasteiger charge is -2.17. The molecule has 0 saturated carbocycles. The third-order valence-corrected chi connectivity index (χ3v) is 5.82. The van der Waals surface area contributed by atoms with Gasteiger partial charge in [0, 0.05) is 21.8 Å². The second-order valence-corrected chi connectivity index (χ2v) is 8.66. The lowest BCUT2D eigenvalue weighted by Crippen LogP contribution is -2.14. The molecule has 0 heterocycles. The molecule has 0 fully saturated rings. The van der Waals surface area contributed by atoms with Crippen molar-refractivity contribution in [1.29, 1.82) is 5.26 Å². The van der Waals surface area contributed by atoms with Crippen LogP contribution < -0.4 is 14.8 Å². The quantitative estimate of drug-likeness (QED) is 0.181. The van der Waals surface area contributed by atoms with E-state index in [-0.39, 0.29) is 12.2 Å². The molecule has 0 bridgehead atoms. The zero-order chi connectivity index (χ0) is 26.1. The number of halogens is 1. The smallest absolute Gasteiger partial charge is 0.266 e. The van der Waals surface area contributed by atoms with Crippen LogP contribution >= 0.6 is 11.6 Å². The third kappa shape index (κ3) is 6.78. The summed E-state index contributed by atoms with van der Waals surface area (Å²) < 4.78 is 12.0. The van der Waals surface area contributed by atoms with E-state index in [1.54, 1.807) is 18.2 Å². The highest BCUT2D eigenvalue weighted by molar-refractivity contribution is 6.31. The van der Waals surface area contributed by atoms with Crippen molar-refractivity contribution in [3.05, 3.63) is 106 Å². The highest BCUT2D eigenvalue weighted by Gasteiger charge is 2.16. The first kappa shape index (κ1) is 26.6. The molecule has 3 rings (SSSR count). The maximum atomic E-state index is 12.9. The van der Waals surface area contributed by atoms with Gasteiger partial charge in [-0.05, 0) is 68.7 Å². The number of anilines is 1. The molecule has 6 heteroatoms. The molecule has 36 heavy (non-hydrogen) atoms. The van der Waals surface area contributed by atoms with Crippen LogP contribution in [0.5, 0.6) is 11.5 Å². The molecule has 0 spiro atoms. The number of amides is 1. The molecule has 0 aromatic heterocycles. The molecular weight excluding hydrogens is 472 g/mol. The number of nitrogens with one attached hydrogen (secondary N) is 1. The van der Waals surface area contributed by atoms with Crippen molar-refractivity contribution in [2.24, 2.45) is 0 Å². The molecule has 0 aliphatic heterocycles. The summed E-state index contributed by atoms with van der Waals surface area (Å²) in [5, 5.41) is 13.2. The number of aryl methyl sites for hydroxylation is 2.